The molecule has 0 atom stereocenters. The van der Waals surface area contributed by atoms with Crippen molar-refractivity contribution < 1.29 is 59.8 Å². The number of carbonyl (C=O) groups is 5. The van der Waals surface area contributed by atoms with Crippen molar-refractivity contribution in [2.75, 3.05) is 40.8 Å². The summed E-state index contributed by atoms with van der Waals surface area (Å²) in [4.78, 5) is 127. The van der Waals surface area contributed by atoms with Gasteiger partial charge in [0.15, 0.2) is 0 Å². The van der Waals surface area contributed by atoms with Crippen LogP contribution in [-0.2, 0) is 47.6 Å². The fourth-order valence-electron chi connectivity index (χ4n) is 14.3. The highest BCUT2D eigenvalue weighted by Crippen LogP contribution is 2.36. The van der Waals surface area contributed by atoms with E-state index in [-0.39, 0.29) is 63.0 Å². The predicted octanol–water partition coefficient (Wildman–Crippen LogP) is 18.3. The number of ether oxygens (including phenoxy) is 2. The van der Waals surface area contributed by atoms with Crippen molar-refractivity contribution in [1.82, 2.24) is 124 Å². The second kappa shape index (κ2) is 46.0. The van der Waals surface area contributed by atoms with E-state index >= 15 is 0 Å². The van der Waals surface area contributed by atoms with Crippen LogP contribution in [0.5, 0.6) is 11.6 Å². The number of nitrogens with zero attached hydrogens (tertiary/aromatic N) is 25. The zero-order chi connectivity index (χ0) is 104. The molecule has 20 heterocycles. The minimum Gasteiger partial charge on any atom is -0.495 e. The molecule has 20 aromatic heterocycles. The average Bonchev–Trinajstić information content (AvgIpc) is 1.77. The van der Waals surface area contributed by atoms with Crippen LogP contribution in [0.25, 0.3) is 113 Å². The van der Waals surface area contributed by atoms with E-state index in [1.165, 1.54) is 41.2 Å². The van der Waals surface area contributed by atoms with E-state index in [9.17, 15) is 50.3 Å². The van der Waals surface area contributed by atoms with Gasteiger partial charge in [0.1, 0.15) is 68.4 Å². The number of hydrogen-bond acceptors (Lipinski definition) is 27. The number of amides is 5. The highest BCUT2D eigenvalue weighted by molar-refractivity contribution is 6.08. The van der Waals surface area contributed by atoms with E-state index in [4.69, 9.17) is 9.47 Å². The molecule has 5 amide bonds. The van der Waals surface area contributed by atoms with Crippen LogP contribution < -0.4 is 36.1 Å². The molecule has 20 aromatic rings. The second-order valence-electron chi connectivity index (χ2n) is 32.0. The quantitative estimate of drug-likeness (QED) is 0.0393. The Balaban J connectivity index is 0.000000132. The third-order valence-electron chi connectivity index (χ3n) is 21.2. The number of aromatic nitrogens is 25. The maximum atomic E-state index is 13.0. The summed E-state index contributed by atoms with van der Waals surface area (Å²) >= 11 is 0. The van der Waals surface area contributed by atoms with Gasteiger partial charge in [0, 0.05) is 174 Å². The van der Waals surface area contributed by atoms with Crippen molar-refractivity contribution in [2.45, 2.75) is 19.3 Å². The largest absolute Gasteiger partial charge is 0.495 e. The van der Waals surface area contributed by atoms with Gasteiger partial charge in [-0.05, 0) is 171 Å². The van der Waals surface area contributed by atoms with E-state index in [0.29, 0.717) is 120 Å². The standard InChI is InChI=1S/2C21H15F3N6O.2C21H18N6O2.C21H18N6O/c1-30-12-17(19(29-30)15-5-2-3-9-25-15)28-20(31)16-7-4-6-14(27-16)13-8-10-26-18(11-13)21(22,23)24;1-30-12-18(19(29-30)16-5-2-3-8-26-16)28-20(31)17-7-4-6-15(27-17)13-9-14(11-25-10-13)21(22,23)24;1-27-13-18(20(26-27)16-6-3-4-11-22-16)25-21(28)17-8-5-7-15(24-17)14-9-10-19(29-2)23-12-14;1-27-13-19(20(26-27)17-6-3-4-9-23-17)25-21(28)18-8-5-7-16(24-18)14-10-15(29-2)12-22-11-14;1-14-9-10-15(12-23-14)16-7-5-8-18(24-16)21(28)25-19-13-27(2)26-20(19)17-6-3-4-11-22-17/h2*2-12H,1H3,(H,28,31);2*3-13H,1-2H3,(H,25,28);3-13H,1-2H3,(H,25,28). The van der Waals surface area contributed by atoms with Crippen molar-refractivity contribution in [2.24, 2.45) is 35.2 Å². The molecule has 0 spiro atoms. The van der Waals surface area contributed by atoms with Crippen LogP contribution in [0.15, 0.2) is 336 Å². The summed E-state index contributed by atoms with van der Waals surface area (Å²) < 4.78 is 96.0. The number of rotatable bonds is 22. The predicted molar refractivity (Wildman–Crippen MR) is 537 cm³/mol. The summed E-state index contributed by atoms with van der Waals surface area (Å²) in [5.41, 5.74) is 13.6. The number of halogens is 6. The maximum absolute atomic E-state index is 13.0. The molecule has 43 heteroatoms. The molecule has 0 fully saturated rings. The van der Waals surface area contributed by atoms with Gasteiger partial charge in [0.25, 0.3) is 29.5 Å². The first-order chi connectivity index (χ1) is 71.5. The van der Waals surface area contributed by atoms with E-state index in [2.05, 4.69) is 127 Å². The lowest BCUT2D eigenvalue weighted by molar-refractivity contribution is -0.141. The molecule has 0 bridgehead atoms. The van der Waals surface area contributed by atoms with Crippen molar-refractivity contribution in [3.63, 3.8) is 0 Å². The summed E-state index contributed by atoms with van der Waals surface area (Å²) in [6, 6.07) is 64.7. The molecule has 738 valence electrons. The molecule has 0 radical (unpaired) electrons. The van der Waals surface area contributed by atoms with Gasteiger partial charge in [-0.2, -0.15) is 51.8 Å². The van der Waals surface area contributed by atoms with Crippen LogP contribution in [0, 0.1) is 6.92 Å². The van der Waals surface area contributed by atoms with E-state index in [0.717, 1.165) is 46.9 Å². The number of methoxy groups -OCH3 is 2. The first-order valence-electron chi connectivity index (χ1n) is 44.7. The monoisotopic (exact) mass is 1990 g/mol. The van der Waals surface area contributed by atoms with Gasteiger partial charge in [-0.15, -0.1) is 0 Å². The van der Waals surface area contributed by atoms with Gasteiger partial charge in [0.05, 0.1) is 111 Å². The van der Waals surface area contributed by atoms with Crippen LogP contribution in [-0.4, -0.2) is 167 Å². The lowest BCUT2D eigenvalue weighted by Gasteiger charge is -2.09. The van der Waals surface area contributed by atoms with Crippen LogP contribution in [0.4, 0.5) is 54.8 Å². The van der Waals surface area contributed by atoms with Gasteiger partial charge in [-0.3, -0.25) is 92.2 Å². The van der Waals surface area contributed by atoms with Crippen LogP contribution >= 0.6 is 0 Å². The Morgan fingerprint density at radius 1 is 0.277 bits per heavy atom. The number of anilines is 5. The summed E-state index contributed by atoms with van der Waals surface area (Å²) in [7, 11) is 11.9. The number of carbonyl (C=O) groups excluding carboxylic acids is 5. The third kappa shape index (κ3) is 25.8. The molecular weight excluding hydrogens is 1910 g/mol. The normalized spacial score (nSPS) is 10.9. The Morgan fingerprint density at radius 3 is 0.878 bits per heavy atom. The number of alkyl halides is 6. The summed E-state index contributed by atoms with van der Waals surface area (Å²) in [6.45, 7) is 1.92. The Kier molecular flexibility index (Phi) is 31.4. The topological polar surface area (TPSA) is 446 Å². The molecule has 0 aromatic carbocycles. The third-order valence-corrected chi connectivity index (χ3v) is 21.2. The van der Waals surface area contributed by atoms with Crippen LogP contribution in [0.1, 0.15) is 69.4 Å². The molecule has 0 unspecified atom stereocenters. The van der Waals surface area contributed by atoms with Crippen molar-refractivity contribution in [1.29, 1.82) is 0 Å². The fourth-order valence-corrected chi connectivity index (χ4v) is 14.3. The number of pyridine rings is 15. The lowest BCUT2D eigenvalue weighted by atomic mass is 10.1. The van der Waals surface area contributed by atoms with E-state index in [1.807, 2.05) is 104 Å². The molecule has 0 aliphatic carbocycles. The zero-order valence-corrected chi connectivity index (χ0v) is 79.6. The Morgan fingerprint density at radius 2 is 0.588 bits per heavy atom. The van der Waals surface area contributed by atoms with E-state index in [1.54, 1.807) is 246 Å². The zero-order valence-electron chi connectivity index (χ0n) is 79.6. The van der Waals surface area contributed by atoms with Gasteiger partial charge in [-0.25, -0.2) is 29.9 Å². The van der Waals surface area contributed by atoms with Gasteiger partial charge >= 0.3 is 12.4 Å². The summed E-state index contributed by atoms with van der Waals surface area (Å²) in [5.74, 6) is -0.918. The Hall–Kier alpha value is -20.2. The molecule has 0 saturated carbocycles. The molecule has 37 nitrogen and oxygen atoms in total. The maximum Gasteiger partial charge on any atom is 0.433 e. The number of aryl methyl sites for hydroxylation is 6. The molecule has 0 aliphatic heterocycles. The van der Waals surface area contributed by atoms with E-state index < -0.39 is 35.4 Å². The Bertz CT molecular complexity index is 7890. The van der Waals surface area contributed by atoms with Gasteiger partial charge < -0.3 is 36.1 Å². The Labute approximate surface area is 838 Å². The van der Waals surface area contributed by atoms with Crippen LogP contribution in [0.3, 0.4) is 0 Å². The van der Waals surface area contributed by atoms with Gasteiger partial charge in [0.2, 0.25) is 5.88 Å². The van der Waals surface area contributed by atoms with Crippen molar-refractivity contribution in [3.8, 4) is 125 Å². The molecule has 0 saturated heterocycles. The minimum atomic E-state index is -4.58. The number of hydrogen-bond donors (Lipinski definition) is 5. The lowest BCUT2D eigenvalue weighted by Crippen LogP contribution is -2.14. The molecular formula is C105H84F6N30O7. The highest BCUT2D eigenvalue weighted by Gasteiger charge is 2.34. The van der Waals surface area contributed by atoms with Crippen molar-refractivity contribution >= 4 is 58.0 Å². The fraction of sp³-hybridized carbons (Fsp3) is 0.0952. The molecule has 20 rings (SSSR count). The minimum absolute atomic E-state index is 0.0331. The van der Waals surface area contributed by atoms with Crippen molar-refractivity contribution in [3.05, 3.63) is 381 Å². The SMILES string of the molecule is COc1ccc(-c2cccc(C(=O)Nc3cn(C)nc3-c3ccccn3)n2)cn1.COc1cncc(-c2cccc(C(=O)Nc3cn(C)nc3-c3ccccn3)n2)c1.Cc1ccc(-c2cccc(C(=O)Nc3cn(C)nc3-c3ccccn3)n2)cn1.Cn1cc(NC(=O)c2cccc(-c3ccnc(C(F)(F)F)c3)n2)c(-c2ccccn2)n1.Cn1cc(NC(=O)c2cccc(-c3cncc(C(F)(F)F)c3)n2)c(-c2ccccn2)n1. The molecule has 0 aliphatic rings. The smallest absolute Gasteiger partial charge is 0.433 e. The first-order valence-corrected chi connectivity index (χ1v) is 44.7. The summed E-state index contributed by atoms with van der Waals surface area (Å²) in [6.07, 6.45) is 17.4. The highest BCUT2D eigenvalue weighted by atomic mass is 19.4. The first kappa shape index (κ1) is 101. The molecule has 148 heavy (non-hydrogen) atoms. The number of nitrogens with one attached hydrogen (secondary N) is 5. The van der Waals surface area contributed by atoms with Crippen LogP contribution in [0.2, 0.25) is 0 Å². The molecule has 5 N–H and O–H groups in total. The second-order valence-corrected chi connectivity index (χ2v) is 32.0. The summed E-state index contributed by atoms with van der Waals surface area (Å²) in [5, 5.41) is 36.0. The average molecular weight is 1990 g/mol. The van der Waals surface area contributed by atoms with Gasteiger partial charge in [-0.1, -0.05) is 60.7 Å².